The summed E-state index contributed by atoms with van der Waals surface area (Å²) in [5.74, 6) is -0.560. The highest BCUT2D eigenvalue weighted by Crippen LogP contribution is 2.26. The Labute approximate surface area is 146 Å². The zero-order chi connectivity index (χ0) is 16.3. The molecule has 1 heterocycles. The Morgan fingerprint density at radius 3 is 2.45 bits per heavy atom. The van der Waals surface area contributed by atoms with Gasteiger partial charge in [-0.1, -0.05) is 34.8 Å². The van der Waals surface area contributed by atoms with Crippen LogP contribution >= 0.6 is 46.1 Å². The van der Waals surface area contributed by atoms with Gasteiger partial charge in [-0.05, 0) is 30.3 Å². The summed E-state index contributed by atoms with van der Waals surface area (Å²) >= 11 is 18.2. The quantitative estimate of drug-likeness (QED) is 0.806. The Morgan fingerprint density at radius 2 is 1.86 bits per heavy atom. The molecule has 118 valence electrons. The molecule has 0 fully saturated rings. The zero-order valence-electron chi connectivity index (χ0n) is 10.8. The number of halogens is 3. The average Bonchev–Trinajstić information content (AvgIpc) is 2.87. The van der Waals surface area contributed by atoms with Crippen LogP contribution in [0.2, 0.25) is 14.4 Å². The second-order valence-electron chi connectivity index (χ2n) is 4.06. The molecule has 10 heteroatoms. The van der Waals surface area contributed by atoms with Crippen molar-refractivity contribution in [2.75, 3.05) is 11.9 Å². The standard InChI is InChI=1S/C12H9Cl3N2O3S2/c13-7-1-2-9(8(14)5-7)17-11(18)6-16-22(19,20)12-4-3-10(15)21-12/h1-5,16H,6H2,(H,17,18). The van der Waals surface area contributed by atoms with Crippen molar-refractivity contribution in [3.63, 3.8) is 0 Å². The minimum atomic E-state index is -3.77. The number of carbonyl (C=O) groups excluding carboxylic acids is 1. The van der Waals surface area contributed by atoms with E-state index in [-0.39, 0.29) is 9.23 Å². The van der Waals surface area contributed by atoms with Gasteiger partial charge in [0.2, 0.25) is 5.91 Å². The van der Waals surface area contributed by atoms with Crippen LogP contribution in [0.15, 0.2) is 34.5 Å². The summed E-state index contributed by atoms with van der Waals surface area (Å²) in [5, 5.41) is 3.17. The van der Waals surface area contributed by atoms with Gasteiger partial charge in [0.1, 0.15) is 4.21 Å². The highest BCUT2D eigenvalue weighted by molar-refractivity contribution is 7.91. The summed E-state index contributed by atoms with van der Waals surface area (Å²) in [6, 6.07) is 7.38. The van der Waals surface area contributed by atoms with E-state index in [9.17, 15) is 13.2 Å². The van der Waals surface area contributed by atoms with Gasteiger partial charge in [0.25, 0.3) is 10.0 Å². The number of hydrogen-bond donors (Lipinski definition) is 2. The Morgan fingerprint density at radius 1 is 1.14 bits per heavy atom. The Hall–Kier alpha value is -0.830. The Bertz CT molecular complexity index is 806. The predicted octanol–water partition coefficient (Wildman–Crippen LogP) is 3.63. The Balaban J connectivity index is 1.98. The van der Waals surface area contributed by atoms with E-state index in [1.165, 1.54) is 24.3 Å². The highest BCUT2D eigenvalue weighted by Gasteiger charge is 2.18. The lowest BCUT2D eigenvalue weighted by Crippen LogP contribution is -2.32. The van der Waals surface area contributed by atoms with Gasteiger partial charge in [0.05, 0.1) is 21.6 Å². The first-order valence-corrected chi connectivity index (χ1v) is 9.21. The first-order valence-electron chi connectivity index (χ1n) is 5.78. The van der Waals surface area contributed by atoms with Crippen molar-refractivity contribution >= 4 is 67.8 Å². The van der Waals surface area contributed by atoms with Crippen LogP contribution in [0, 0.1) is 0 Å². The fraction of sp³-hybridized carbons (Fsp3) is 0.0833. The van der Waals surface area contributed by atoms with Crippen LogP contribution in [0.25, 0.3) is 0 Å². The molecule has 22 heavy (non-hydrogen) atoms. The van der Waals surface area contributed by atoms with Crippen LogP contribution in [-0.2, 0) is 14.8 Å². The minimum absolute atomic E-state index is 0.0369. The molecule has 1 amide bonds. The molecule has 1 aromatic heterocycles. The SMILES string of the molecule is O=C(CNS(=O)(=O)c1ccc(Cl)s1)Nc1ccc(Cl)cc1Cl. The van der Waals surface area contributed by atoms with Crippen molar-refractivity contribution < 1.29 is 13.2 Å². The van der Waals surface area contributed by atoms with Gasteiger partial charge in [-0.15, -0.1) is 11.3 Å². The third-order valence-corrected chi connectivity index (χ3v) is 6.11. The van der Waals surface area contributed by atoms with Gasteiger partial charge in [0.15, 0.2) is 0 Å². The van der Waals surface area contributed by atoms with Crippen molar-refractivity contribution in [2.24, 2.45) is 0 Å². The number of nitrogens with one attached hydrogen (secondary N) is 2. The first kappa shape index (κ1) is 17.5. The van der Waals surface area contributed by atoms with Crippen LogP contribution < -0.4 is 10.0 Å². The molecule has 0 unspecified atom stereocenters. The summed E-state index contributed by atoms with van der Waals surface area (Å²) in [7, 11) is -3.77. The molecule has 0 spiro atoms. The number of hydrogen-bond acceptors (Lipinski definition) is 4. The molecule has 2 N–H and O–H groups in total. The van der Waals surface area contributed by atoms with E-state index < -0.39 is 22.5 Å². The van der Waals surface area contributed by atoms with Crippen molar-refractivity contribution in [2.45, 2.75) is 4.21 Å². The first-order chi connectivity index (χ1) is 10.3. The molecule has 0 bridgehead atoms. The summed E-state index contributed by atoms with van der Waals surface area (Å²) < 4.78 is 26.4. The molecular formula is C12H9Cl3N2O3S2. The molecule has 5 nitrogen and oxygen atoms in total. The topological polar surface area (TPSA) is 75.3 Å². The summed E-state index contributed by atoms with van der Waals surface area (Å²) in [6.07, 6.45) is 0. The molecule has 0 aliphatic rings. The minimum Gasteiger partial charge on any atom is -0.324 e. The van der Waals surface area contributed by atoms with Gasteiger partial charge in [-0.25, -0.2) is 13.1 Å². The van der Waals surface area contributed by atoms with Gasteiger partial charge in [-0.3, -0.25) is 4.79 Å². The van der Waals surface area contributed by atoms with Crippen LogP contribution in [0.4, 0.5) is 5.69 Å². The average molecular weight is 400 g/mol. The predicted molar refractivity (Wildman–Crippen MR) is 89.6 cm³/mol. The number of rotatable bonds is 5. The van der Waals surface area contributed by atoms with Gasteiger partial charge < -0.3 is 5.32 Å². The molecule has 1 aromatic carbocycles. The van der Waals surface area contributed by atoms with E-state index in [2.05, 4.69) is 10.0 Å². The molecule has 0 saturated carbocycles. The number of amides is 1. The normalized spacial score (nSPS) is 11.4. The van der Waals surface area contributed by atoms with E-state index >= 15 is 0 Å². The van der Waals surface area contributed by atoms with E-state index in [1.807, 2.05) is 0 Å². The molecule has 2 aromatic rings. The third kappa shape index (κ3) is 4.58. The van der Waals surface area contributed by atoms with Gasteiger partial charge >= 0.3 is 0 Å². The maximum absolute atomic E-state index is 11.9. The summed E-state index contributed by atoms with van der Waals surface area (Å²) in [5.41, 5.74) is 0.342. The lowest BCUT2D eigenvalue weighted by Gasteiger charge is -2.08. The summed E-state index contributed by atoms with van der Waals surface area (Å²) in [4.78, 5) is 11.8. The zero-order valence-corrected chi connectivity index (χ0v) is 14.7. The van der Waals surface area contributed by atoms with Crippen molar-refractivity contribution in [3.8, 4) is 0 Å². The smallest absolute Gasteiger partial charge is 0.250 e. The third-order valence-electron chi connectivity index (χ3n) is 2.44. The summed E-state index contributed by atoms with van der Waals surface area (Å²) in [6.45, 7) is -0.434. The van der Waals surface area contributed by atoms with Crippen molar-refractivity contribution in [1.29, 1.82) is 0 Å². The molecule has 0 aliphatic carbocycles. The molecule has 0 aliphatic heterocycles. The van der Waals surface area contributed by atoms with Crippen molar-refractivity contribution in [3.05, 3.63) is 44.7 Å². The van der Waals surface area contributed by atoms with E-state index in [4.69, 9.17) is 34.8 Å². The van der Waals surface area contributed by atoms with Crippen molar-refractivity contribution in [1.82, 2.24) is 4.72 Å². The van der Waals surface area contributed by atoms with Gasteiger partial charge in [-0.2, -0.15) is 0 Å². The Kier molecular flexibility index (Phi) is 5.70. The fourth-order valence-electron chi connectivity index (χ4n) is 1.46. The molecule has 0 saturated heterocycles. The van der Waals surface area contributed by atoms with Gasteiger partial charge in [0, 0.05) is 5.02 Å². The monoisotopic (exact) mass is 398 g/mol. The highest BCUT2D eigenvalue weighted by atomic mass is 35.5. The fourth-order valence-corrected chi connectivity index (χ4v) is 4.42. The lowest BCUT2D eigenvalue weighted by molar-refractivity contribution is -0.115. The second kappa shape index (κ2) is 7.16. The van der Waals surface area contributed by atoms with Crippen LogP contribution in [0.5, 0.6) is 0 Å². The number of sulfonamides is 1. The molecular weight excluding hydrogens is 391 g/mol. The van der Waals surface area contributed by atoms with Crippen LogP contribution in [0.3, 0.4) is 0 Å². The number of anilines is 1. The van der Waals surface area contributed by atoms with E-state index in [0.717, 1.165) is 11.3 Å². The molecule has 0 radical (unpaired) electrons. The number of thiophene rings is 1. The number of benzene rings is 1. The second-order valence-corrected chi connectivity index (χ2v) is 8.61. The van der Waals surface area contributed by atoms with Crippen LogP contribution in [-0.4, -0.2) is 20.9 Å². The maximum atomic E-state index is 11.9. The van der Waals surface area contributed by atoms with E-state index in [0.29, 0.717) is 15.0 Å². The van der Waals surface area contributed by atoms with Crippen LogP contribution in [0.1, 0.15) is 0 Å². The largest absolute Gasteiger partial charge is 0.324 e. The lowest BCUT2D eigenvalue weighted by atomic mass is 10.3. The molecule has 2 rings (SSSR count). The van der Waals surface area contributed by atoms with E-state index in [1.54, 1.807) is 6.07 Å². The maximum Gasteiger partial charge on any atom is 0.250 e. The number of carbonyl (C=O) groups is 1. The molecule has 0 atom stereocenters.